The van der Waals surface area contributed by atoms with Crippen LogP contribution in [0.25, 0.3) is 0 Å². The summed E-state index contributed by atoms with van der Waals surface area (Å²) in [7, 11) is 1.78. The molecule has 0 unspecified atom stereocenters. The molecule has 1 saturated heterocycles. The van der Waals surface area contributed by atoms with E-state index in [1.165, 1.54) is 0 Å². The minimum atomic E-state index is 0.121. The Bertz CT molecular complexity index is 596. The van der Waals surface area contributed by atoms with Gasteiger partial charge in [0, 0.05) is 39.6 Å². The first-order valence-electron chi connectivity index (χ1n) is 7.68. The van der Waals surface area contributed by atoms with Gasteiger partial charge < -0.3 is 15.1 Å². The van der Waals surface area contributed by atoms with Gasteiger partial charge in [-0.05, 0) is 12.3 Å². The first-order valence-corrected chi connectivity index (χ1v) is 7.68. The fraction of sp³-hybridized carbons (Fsp3) is 0.600. The van der Waals surface area contributed by atoms with Crippen molar-refractivity contribution in [3.63, 3.8) is 0 Å². The van der Waals surface area contributed by atoms with Gasteiger partial charge in [-0.1, -0.05) is 6.92 Å². The van der Waals surface area contributed by atoms with Gasteiger partial charge in [0.25, 0.3) is 0 Å². The van der Waals surface area contributed by atoms with Gasteiger partial charge in [0.05, 0.1) is 11.3 Å². The summed E-state index contributed by atoms with van der Waals surface area (Å²) in [4.78, 5) is 36.1. The van der Waals surface area contributed by atoms with Crippen molar-refractivity contribution in [1.29, 1.82) is 0 Å². The third-order valence-corrected chi connectivity index (χ3v) is 4.31. The number of piperazine rings is 1. The molecule has 1 amide bonds. The number of Topliss-reactive ketones (excluding diaryl/α,β-unsaturated/α-hetero) is 1. The molecule has 22 heavy (non-hydrogen) atoms. The van der Waals surface area contributed by atoms with Gasteiger partial charge >= 0.3 is 0 Å². The molecule has 2 aliphatic rings. The van der Waals surface area contributed by atoms with Crippen LogP contribution in [0.5, 0.6) is 0 Å². The first kappa shape index (κ1) is 14.7. The van der Waals surface area contributed by atoms with Crippen LogP contribution in [-0.2, 0) is 11.2 Å². The summed E-state index contributed by atoms with van der Waals surface area (Å²) < 4.78 is 0. The Kier molecular flexibility index (Phi) is 3.96. The topological polar surface area (TPSA) is 78.4 Å². The fourth-order valence-electron chi connectivity index (χ4n) is 3.11. The Hall–Kier alpha value is -2.18. The third-order valence-electron chi connectivity index (χ3n) is 4.31. The number of fused-ring (bicyclic) bond motifs is 1. The Morgan fingerprint density at radius 1 is 1.18 bits per heavy atom. The lowest BCUT2D eigenvalue weighted by molar-refractivity contribution is -0.118. The van der Waals surface area contributed by atoms with Crippen molar-refractivity contribution in [3.05, 3.63) is 11.3 Å². The lowest BCUT2D eigenvalue weighted by Gasteiger charge is -2.33. The molecule has 1 atom stereocenters. The molecular weight excluding hydrogens is 282 g/mol. The van der Waals surface area contributed by atoms with Crippen LogP contribution in [0.15, 0.2) is 0 Å². The number of nitrogens with one attached hydrogen (secondary N) is 1. The van der Waals surface area contributed by atoms with Crippen molar-refractivity contribution in [2.45, 2.75) is 19.8 Å². The first-order chi connectivity index (χ1) is 10.6. The molecule has 1 aliphatic heterocycles. The number of carbonyl (C=O) groups is 2. The molecule has 0 bridgehead atoms. The number of anilines is 2. The van der Waals surface area contributed by atoms with E-state index >= 15 is 0 Å². The molecule has 3 rings (SSSR count). The number of hydrogen-bond acceptors (Lipinski definition) is 6. The zero-order valence-electron chi connectivity index (χ0n) is 13.0. The molecule has 0 saturated carbocycles. The Morgan fingerprint density at radius 2 is 1.91 bits per heavy atom. The van der Waals surface area contributed by atoms with Crippen molar-refractivity contribution >= 4 is 24.0 Å². The van der Waals surface area contributed by atoms with E-state index in [0.717, 1.165) is 18.5 Å². The number of ketones is 1. The van der Waals surface area contributed by atoms with E-state index in [1.807, 2.05) is 0 Å². The standard InChI is InChI=1S/C15H21N5O2/c1-10-7-11-13(12(22)8-10)14(16-2)18-15(17-11)20-5-3-19(9-21)4-6-20/h9-10H,3-8H2,1-2H3,(H,16,17,18)/t10-/m0/s1. The highest BCUT2D eigenvalue weighted by Gasteiger charge is 2.29. The highest BCUT2D eigenvalue weighted by atomic mass is 16.1. The molecule has 1 aromatic rings. The molecule has 0 aromatic carbocycles. The summed E-state index contributed by atoms with van der Waals surface area (Å²) in [6.45, 7) is 4.85. The van der Waals surface area contributed by atoms with Gasteiger partial charge in [-0.2, -0.15) is 4.98 Å². The van der Waals surface area contributed by atoms with Gasteiger partial charge in [-0.15, -0.1) is 0 Å². The SMILES string of the molecule is CNc1nc(N2CCN(C=O)CC2)nc2c1C(=O)C[C@@H](C)C2. The highest BCUT2D eigenvalue weighted by Crippen LogP contribution is 2.30. The van der Waals surface area contributed by atoms with Crippen LogP contribution in [-0.4, -0.2) is 60.3 Å². The van der Waals surface area contributed by atoms with Gasteiger partial charge in [0.15, 0.2) is 5.78 Å². The molecule has 2 heterocycles. The van der Waals surface area contributed by atoms with E-state index < -0.39 is 0 Å². The maximum absolute atomic E-state index is 12.3. The molecule has 1 N–H and O–H groups in total. The normalized spacial score (nSPS) is 21.5. The van der Waals surface area contributed by atoms with Crippen molar-refractivity contribution in [2.75, 3.05) is 43.4 Å². The van der Waals surface area contributed by atoms with Gasteiger partial charge in [-0.25, -0.2) is 4.98 Å². The van der Waals surface area contributed by atoms with Crippen LogP contribution in [0.4, 0.5) is 11.8 Å². The zero-order chi connectivity index (χ0) is 15.7. The minimum Gasteiger partial charge on any atom is -0.372 e. The van der Waals surface area contributed by atoms with Gasteiger partial charge in [0.1, 0.15) is 5.82 Å². The Labute approximate surface area is 129 Å². The number of rotatable bonds is 3. The average molecular weight is 303 g/mol. The van der Waals surface area contributed by atoms with Crippen LogP contribution >= 0.6 is 0 Å². The molecule has 0 radical (unpaired) electrons. The van der Waals surface area contributed by atoms with E-state index in [1.54, 1.807) is 11.9 Å². The molecule has 0 spiro atoms. The van der Waals surface area contributed by atoms with Crippen LogP contribution in [0.1, 0.15) is 29.4 Å². The van der Waals surface area contributed by atoms with Gasteiger partial charge in [-0.3, -0.25) is 9.59 Å². The lowest BCUT2D eigenvalue weighted by Crippen LogP contribution is -2.46. The summed E-state index contributed by atoms with van der Waals surface area (Å²) in [5.41, 5.74) is 1.49. The second kappa shape index (κ2) is 5.90. The maximum atomic E-state index is 12.3. The lowest BCUT2D eigenvalue weighted by atomic mass is 9.87. The van der Waals surface area contributed by atoms with Gasteiger partial charge in [0.2, 0.25) is 12.4 Å². The summed E-state index contributed by atoms with van der Waals surface area (Å²) in [5, 5.41) is 3.03. The highest BCUT2D eigenvalue weighted by molar-refractivity contribution is 6.02. The predicted molar refractivity (Wildman–Crippen MR) is 83.2 cm³/mol. The smallest absolute Gasteiger partial charge is 0.227 e. The fourth-order valence-corrected chi connectivity index (χ4v) is 3.11. The Morgan fingerprint density at radius 3 is 2.55 bits per heavy atom. The molecule has 118 valence electrons. The monoisotopic (exact) mass is 303 g/mol. The number of carbonyl (C=O) groups excluding carboxylic acids is 2. The second-order valence-corrected chi connectivity index (χ2v) is 6.01. The third kappa shape index (κ3) is 2.63. The zero-order valence-corrected chi connectivity index (χ0v) is 13.0. The van der Waals surface area contributed by atoms with Crippen molar-refractivity contribution in [3.8, 4) is 0 Å². The molecule has 7 nitrogen and oxygen atoms in total. The van der Waals surface area contributed by atoms with Crippen LogP contribution in [0.2, 0.25) is 0 Å². The second-order valence-electron chi connectivity index (χ2n) is 6.01. The van der Waals surface area contributed by atoms with Crippen LogP contribution in [0.3, 0.4) is 0 Å². The van der Waals surface area contributed by atoms with E-state index in [9.17, 15) is 9.59 Å². The average Bonchev–Trinajstić information content (AvgIpc) is 2.53. The van der Waals surface area contributed by atoms with Crippen molar-refractivity contribution in [2.24, 2.45) is 5.92 Å². The van der Waals surface area contributed by atoms with E-state index in [4.69, 9.17) is 0 Å². The molecule has 1 aromatic heterocycles. The van der Waals surface area contributed by atoms with E-state index in [0.29, 0.717) is 55.8 Å². The molecule has 1 fully saturated rings. The maximum Gasteiger partial charge on any atom is 0.227 e. The van der Waals surface area contributed by atoms with Crippen LogP contribution < -0.4 is 10.2 Å². The number of amides is 1. The predicted octanol–water partition coefficient (Wildman–Crippen LogP) is 0.562. The molecule has 7 heteroatoms. The summed E-state index contributed by atoms with van der Waals surface area (Å²) in [5.74, 6) is 1.71. The minimum absolute atomic E-state index is 0.121. The summed E-state index contributed by atoms with van der Waals surface area (Å²) >= 11 is 0. The number of hydrogen-bond donors (Lipinski definition) is 1. The Balaban J connectivity index is 1.92. The molecule has 1 aliphatic carbocycles. The quantitative estimate of drug-likeness (QED) is 0.822. The van der Waals surface area contributed by atoms with E-state index in [-0.39, 0.29) is 5.78 Å². The van der Waals surface area contributed by atoms with E-state index in [2.05, 4.69) is 27.1 Å². The number of aromatic nitrogens is 2. The van der Waals surface area contributed by atoms with Crippen LogP contribution in [0, 0.1) is 5.92 Å². The largest absolute Gasteiger partial charge is 0.372 e. The summed E-state index contributed by atoms with van der Waals surface area (Å²) in [6, 6.07) is 0. The summed E-state index contributed by atoms with van der Waals surface area (Å²) in [6.07, 6.45) is 2.24. The molecular formula is C15H21N5O2. The number of nitrogens with zero attached hydrogens (tertiary/aromatic N) is 4. The van der Waals surface area contributed by atoms with Crippen molar-refractivity contribution in [1.82, 2.24) is 14.9 Å². The van der Waals surface area contributed by atoms with Crippen molar-refractivity contribution < 1.29 is 9.59 Å².